The molecular weight excluding hydrogens is 402 g/mol. The summed E-state index contributed by atoms with van der Waals surface area (Å²) >= 11 is 1.27. The molecule has 3 rings (SSSR count). The van der Waals surface area contributed by atoms with Crippen LogP contribution in [0.5, 0.6) is 11.5 Å². The van der Waals surface area contributed by atoms with E-state index < -0.39 is 5.25 Å². The number of aryl methyl sites for hydroxylation is 1. The lowest BCUT2D eigenvalue weighted by atomic mass is 10.2. The Morgan fingerprint density at radius 2 is 1.67 bits per heavy atom. The molecule has 0 bridgehead atoms. The van der Waals surface area contributed by atoms with E-state index in [1.54, 1.807) is 45.4 Å². The lowest BCUT2D eigenvalue weighted by molar-refractivity contribution is -0.115. The third kappa shape index (κ3) is 5.21. The maximum atomic E-state index is 12.7. The van der Waals surface area contributed by atoms with Crippen LogP contribution in [-0.4, -0.2) is 35.2 Å². The van der Waals surface area contributed by atoms with Crippen molar-refractivity contribution >= 4 is 23.4 Å². The van der Waals surface area contributed by atoms with E-state index in [1.807, 2.05) is 31.2 Å². The first-order valence-electron chi connectivity index (χ1n) is 9.27. The van der Waals surface area contributed by atoms with Gasteiger partial charge in [-0.25, -0.2) is 0 Å². The zero-order chi connectivity index (χ0) is 21.7. The van der Waals surface area contributed by atoms with Crippen LogP contribution >= 0.6 is 11.8 Å². The Bertz CT molecular complexity index is 1070. The molecule has 2 aromatic carbocycles. The van der Waals surface area contributed by atoms with E-state index in [0.29, 0.717) is 27.9 Å². The van der Waals surface area contributed by atoms with Gasteiger partial charge in [-0.1, -0.05) is 29.5 Å². The fraction of sp³-hybridized carbons (Fsp3) is 0.227. The molecule has 0 unspecified atom stereocenters. The molecule has 0 aliphatic carbocycles. The average molecular weight is 426 g/mol. The molecule has 1 N–H and O–H groups in total. The Labute approximate surface area is 179 Å². The number of rotatable bonds is 7. The normalized spacial score (nSPS) is 11.6. The first-order chi connectivity index (χ1) is 14.4. The summed E-state index contributed by atoms with van der Waals surface area (Å²) in [4.78, 5) is 24.9. The van der Waals surface area contributed by atoms with E-state index in [9.17, 15) is 9.59 Å². The maximum absolute atomic E-state index is 12.7. The van der Waals surface area contributed by atoms with Crippen LogP contribution in [0.3, 0.4) is 0 Å². The number of nitrogens with zero attached hydrogens (tertiary/aromatic N) is 2. The Balaban J connectivity index is 1.75. The van der Waals surface area contributed by atoms with Crippen molar-refractivity contribution in [2.24, 2.45) is 0 Å². The number of methoxy groups -OCH3 is 2. The molecule has 1 atom stereocenters. The summed E-state index contributed by atoms with van der Waals surface area (Å²) < 4.78 is 11.8. The largest absolute Gasteiger partial charge is 0.497 e. The van der Waals surface area contributed by atoms with Gasteiger partial charge in [-0.05, 0) is 32.0 Å². The molecule has 0 aliphatic heterocycles. The fourth-order valence-electron chi connectivity index (χ4n) is 2.69. The smallest absolute Gasteiger partial charge is 0.271 e. The van der Waals surface area contributed by atoms with Gasteiger partial charge in [0, 0.05) is 30.0 Å². The topological polar surface area (TPSA) is 82.5 Å². The number of carbonyl (C=O) groups is 1. The maximum Gasteiger partial charge on any atom is 0.271 e. The van der Waals surface area contributed by atoms with Crippen molar-refractivity contribution in [3.05, 3.63) is 70.5 Å². The summed E-state index contributed by atoms with van der Waals surface area (Å²) in [6.45, 7) is 3.75. The third-order valence-electron chi connectivity index (χ3n) is 4.34. The van der Waals surface area contributed by atoms with Gasteiger partial charge in [0.05, 0.1) is 25.2 Å². The van der Waals surface area contributed by atoms with Crippen molar-refractivity contribution in [3.63, 3.8) is 0 Å². The Morgan fingerprint density at radius 3 is 2.27 bits per heavy atom. The van der Waals surface area contributed by atoms with Crippen LogP contribution in [0, 0.1) is 6.92 Å². The number of hydrogen-bond donors (Lipinski definition) is 1. The number of hydrogen-bond acceptors (Lipinski definition) is 6. The molecule has 1 aromatic heterocycles. The predicted molar refractivity (Wildman–Crippen MR) is 118 cm³/mol. The van der Waals surface area contributed by atoms with Crippen LogP contribution in [0.15, 0.2) is 64.4 Å². The molecule has 0 saturated heterocycles. The standard InChI is InChI=1S/C22H23N3O4S/c1-14-5-7-17(8-6-14)25-21(26)10-9-20(24-25)30-15(2)22(27)23-16-11-18(28-3)13-19(12-16)29-4/h5-13,15H,1-4H3,(H,23,27)/t15-/m1/s1. The van der Waals surface area contributed by atoms with Crippen LogP contribution in [-0.2, 0) is 4.79 Å². The van der Waals surface area contributed by atoms with E-state index >= 15 is 0 Å². The van der Waals surface area contributed by atoms with Gasteiger partial charge in [0.1, 0.15) is 16.5 Å². The van der Waals surface area contributed by atoms with Gasteiger partial charge < -0.3 is 14.8 Å². The molecule has 8 heteroatoms. The molecule has 3 aromatic rings. The van der Waals surface area contributed by atoms with E-state index in [2.05, 4.69) is 10.4 Å². The highest BCUT2D eigenvalue weighted by Crippen LogP contribution is 2.27. The zero-order valence-electron chi connectivity index (χ0n) is 17.2. The Kier molecular flexibility index (Phi) is 6.79. The molecule has 1 amide bonds. The summed E-state index contributed by atoms with van der Waals surface area (Å²) in [5.41, 5.74) is 2.11. The van der Waals surface area contributed by atoms with Crippen LogP contribution in [0.25, 0.3) is 5.69 Å². The quantitative estimate of drug-likeness (QED) is 0.582. The van der Waals surface area contributed by atoms with Gasteiger partial charge in [-0.2, -0.15) is 9.78 Å². The molecule has 7 nitrogen and oxygen atoms in total. The number of anilines is 1. The lowest BCUT2D eigenvalue weighted by Gasteiger charge is -2.14. The van der Waals surface area contributed by atoms with Crippen molar-refractivity contribution < 1.29 is 14.3 Å². The first kappa shape index (κ1) is 21.4. The third-order valence-corrected chi connectivity index (χ3v) is 5.37. The number of carbonyl (C=O) groups excluding carboxylic acids is 1. The predicted octanol–water partition coefficient (Wildman–Crippen LogP) is 3.68. The number of benzene rings is 2. The lowest BCUT2D eigenvalue weighted by Crippen LogP contribution is -2.24. The van der Waals surface area contributed by atoms with Crippen LogP contribution < -0.4 is 20.3 Å². The van der Waals surface area contributed by atoms with Crippen molar-refractivity contribution in [2.45, 2.75) is 24.1 Å². The molecule has 0 spiro atoms. The highest BCUT2D eigenvalue weighted by Gasteiger charge is 2.17. The number of aromatic nitrogens is 2. The van der Waals surface area contributed by atoms with Crippen LogP contribution in [0.2, 0.25) is 0 Å². The molecule has 0 radical (unpaired) electrons. The minimum absolute atomic E-state index is 0.204. The summed E-state index contributed by atoms with van der Waals surface area (Å²) in [5.74, 6) is 0.957. The Morgan fingerprint density at radius 1 is 1.03 bits per heavy atom. The monoisotopic (exact) mass is 425 g/mol. The van der Waals surface area contributed by atoms with Gasteiger partial charge in [0.2, 0.25) is 5.91 Å². The van der Waals surface area contributed by atoms with Crippen LogP contribution in [0.4, 0.5) is 5.69 Å². The number of nitrogens with one attached hydrogen (secondary N) is 1. The van der Waals surface area contributed by atoms with Gasteiger partial charge in [-0.15, -0.1) is 0 Å². The number of ether oxygens (including phenoxy) is 2. The minimum atomic E-state index is -0.446. The molecule has 30 heavy (non-hydrogen) atoms. The van der Waals surface area contributed by atoms with Gasteiger partial charge in [0.15, 0.2) is 0 Å². The van der Waals surface area contributed by atoms with Gasteiger partial charge in [-0.3, -0.25) is 9.59 Å². The molecule has 0 fully saturated rings. The van der Waals surface area contributed by atoms with Gasteiger partial charge in [0.25, 0.3) is 5.56 Å². The summed E-state index contributed by atoms with van der Waals surface area (Å²) in [7, 11) is 3.10. The van der Waals surface area contributed by atoms with E-state index in [-0.39, 0.29) is 11.5 Å². The summed E-state index contributed by atoms with van der Waals surface area (Å²) in [5, 5.41) is 7.39. The molecule has 1 heterocycles. The van der Waals surface area contributed by atoms with E-state index in [4.69, 9.17) is 9.47 Å². The molecule has 0 aliphatic rings. The van der Waals surface area contributed by atoms with E-state index in [1.165, 1.54) is 22.5 Å². The first-order valence-corrected chi connectivity index (χ1v) is 10.2. The second-order valence-corrected chi connectivity index (χ2v) is 7.97. The molecule has 156 valence electrons. The number of thioether (sulfide) groups is 1. The van der Waals surface area contributed by atoms with Crippen molar-refractivity contribution in [1.82, 2.24) is 9.78 Å². The highest BCUT2D eigenvalue weighted by molar-refractivity contribution is 8.00. The second-order valence-electron chi connectivity index (χ2n) is 6.61. The minimum Gasteiger partial charge on any atom is -0.497 e. The summed E-state index contributed by atoms with van der Waals surface area (Å²) in [6, 6.07) is 15.7. The van der Waals surface area contributed by atoms with Crippen molar-refractivity contribution in [2.75, 3.05) is 19.5 Å². The second kappa shape index (κ2) is 9.49. The van der Waals surface area contributed by atoms with E-state index in [0.717, 1.165) is 5.56 Å². The fourth-order valence-corrected chi connectivity index (χ4v) is 3.49. The zero-order valence-corrected chi connectivity index (χ0v) is 18.0. The molecular formula is C22H23N3O4S. The average Bonchev–Trinajstić information content (AvgIpc) is 2.75. The number of amides is 1. The SMILES string of the molecule is COc1cc(NC(=O)[C@@H](C)Sc2ccc(=O)n(-c3ccc(C)cc3)n2)cc(OC)c1. The van der Waals surface area contributed by atoms with Crippen molar-refractivity contribution in [3.8, 4) is 17.2 Å². The van der Waals surface area contributed by atoms with Crippen molar-refractivity contribution in [1.29, 1.82) is 0 Å². The van der Waals surface area contributed by atoms with Crippen LogP contribution in [0.1, 0.15) is 12.5 Å². The highest BCUT2D eigenvalue weighted by atomic mass is 32.2. The summed E-state index contributed by atoms with van der Waals surface area (Å²) in [6.07, 6.45) is 0. The molecule has 0 saturated carbocycles. The Hall–Kier alpha value is -3.26. The van der Waals surface area contributed by atoms with Gasteiger partial charge >= 0.3 is 0 Å².